The number of Topliss-reactive ketones (excluding diaryl/α,β-unsaturated/α-hetero) is 1. The second-order valence-corrected chi connectivity index (χ2v) is 6.90. The van der Waals surface area contributed by atoms with Crippen molar-refractivity contribution < 1.29 is 14.3 Å². The third kappa shape index (κ3) is 3.56. The standard InChI is InChI=1S/C18H17NO3S/c1-11-3-6-14(7-4-11)23-12(2)18(21)13-5-8-16-15(9-13)19-17(20)10-22-16/h3-9,12H,10H2,1-2H3,(H,19,20). The number of carbonyl (C=O) groups is 2. The van der Waals surface area contributed by atoms with Gasteiger partial charge in [0.25, 0.3) is 5.91 Å². The molecule has 0 bridgehead atoms. The number of anilines is 1. The van der Waals surface area contributed by atoms with Crippen molar-refractivity contribution in [3.8, 4) is 5.75 Å². The van der Waals surface area contributed by atoms with Crippen LogP contribution in [0, 0.1) is 6.92 Å². The van der Waals surface area contributed by atoms with Crippen LogP contribution in [0.2, 0.25) is 0 Å². The average Bonchev–Trinajstić information content (AvgIpc) is 2.55. The fourth-order valence-corrected chi connectivity index (χ4v) is 3.29. The molecule has 118 valence electrons. The molecule has 1 atom stereocenters. The molecule has 3 rings (SSSR count). The largest absolute Gasteiger partial charge is 0.482 e. The molecule has 5 heteroatoms. The molecule has 0 saturated carbocycles. The van der Waals surface area contributed by atoms with Gasteiger partial charge in [0, 0.05) is 10.5 Å². The summed E-state index contributed by atoms with van der Waals surface area (Å²) in [6.07, 6.45) is 0. The maximum Gasteiger partial charge on any atom is 0.262 e. The van der Waals surface area contributed by atoms with Gasteiger partial charge in [0.15, 0.2) is 12.4 Å². The van der Waals surface area contributed by atoms with E-state index in [9.17, 15) is 9.59 Å². The quantitative estimate of drug-likeness (QED) is 0.687. The van der Waals surface area contributed by atoms with Crippen LogP contribution >= 0.6 is 11.8 Å². The van der Waals surface area contributed by atoms with Gasteiger partial charge in [-0.1, -0.05) is 17.7 Å². The van der Waals surface area contributed by atoms with Gasteiger partial charge in [-0.3, -0.25) is 9.59 Å². The van der Waals surface area contributed by atoms with E-state index < -0.39 is 0 Å². The monoisotopic (exact) mass is 327 g/mol. The lowest BCUT2D eigenvalue weighted by Crippen LogP contribution is -2.25. The summed E-state index contributed by atoms with van der Waals surface area (Å²) >= 11 is 1.53. The maximum absolute atomic E-state index is 12.6. The highest BCUT2D eigenvalue weighted by Crippen LogP contribution is 2.31. The van der Waals surface area contributed by atoms with Gasteiger partial charge in [0.2, 0.25) is 0 Å². The number of nitrogens with one attached hydrogen (secondary N) is 1. The number of aryl methyl sites for hydroxylation is 1. The molecule has 23 heavy (non-hydrogen) atoms. The molecule has 0 fully saturated rings. The molecular weight excluding hydrogens is 310 g/mol. The van der Waals surface area contributed by atoms with E-state index in [1.54, 1.807) is 18.2 Å². The van der Waals surface area contributed by atoms with Crippen LogP contribution < -0.4 is 10.1 Å². The lowest BCUT2D eigenvalue weighted by Gasteiger charge is -2.19. The molecule has 2 aromatic carbocycles. The Labute approximate surface area is 139 Å². The van der Waals surface area contributed by atoms with Crippen molar-refractivity contribution in [1.82, 2.24) is 0 Å². The molecule has 0 radical (unpaired) electrons. The predicted octanol–water partition coefficient (Wildman–Crippen LogP) is 3.69. The van der Waals surface area contributed by atoms with E-state index in [2.05, 4.69) is 5.32 Å². The lowest BCUT2D eigenvalue weighted by molar-refractivity contribution is -0.118. The van der Waals surface area contributed by atoms with E-state index in [-0.39, 0.29) is 23.5 Å². The van der Waals surface area contributed by atoms with Crippen molar-refractivity contribution in [2.24, 2.45) is 0 Å². The number of fused-ring (bicyclic) bond motifs is 1. The molecule has 2 aromatic rings. The molecule has 1 heterocycles. The fourth-order valence-electron chi connectivity index (χ4n) is 2.35. The first-order chi connectivity index (χ1) is 11.0. The molecule has 1 aliphatic heterocycles. The second kappa shape index (κ2) is 6.46. The smallest absolute Gasteiger partial charge is 0.262 e. The summed E-state index contributed by atoms with van der Waals surface area (Å²) < 4.78 is 5.31. The number of rotatable bonds is 4. The number of amides is 1. The normalized spacial score (nSPS) is 14.4. The summed E-state index contributed by atoms with van der Waals surface area (Å²) in [5, 5.41) is 2.51. The molecule has 1 aliphatic rings. The summed E-state index contributed by atoms with van der Waals surface area (Å²) in [6, 6.07) is 13.3. The Balaban J connectivity index is 1.75. The van der Waals surface area contributed by atoms with Crippen LogP contribution in [0.25, 0.3) is 0 Å². The van der Waals surface area contributed by atoms with Crippen LogP contribution in [0.15, 0.2) is 47.4 Å². The van der Waals surface area contributed by atoms with Crippen LogP contribution in [0.4, 0.5) is 5.69 Å². The number of hydrogen-bond donors (Lipinski definition) is 1. The molecule has 0 aliphatic carbocycles. The van der Waals surface area contributed by atoms with E-state index in [1.165, 1.54) is 17.3 Å². The van der Waals surface area contributed by atoms with Crippen LogP contribution in [-0.4, -0.2) is 23.5 Å². The first-order valence-electron chi connectivity index (χ1n) is 7.37. The van der Waals surface area contributed by atoms with Crippen molar-refractivity contribution >= 4 is 29.1 Å². The SMILES string of the molecule is Cc1ccc(SC(C)C(=O)c2ccc3c(c2)NC(=O)CO3)cc1. The number of benzene rings is 2. The fraction of sp³-hybridized carbons (Fsp3) is 0.222. The van der Waals surface area contributed by atoms with Gasteiger partial charge in [-0.15, -0.1) is 11.8 Å². The van der Waals surface area contributed by atoms with Crippen molar-refractivity contribution in [1.29, 1.82) is 0 Å². The Hall–Kier alpha value is -2.27. The number of ketones is 1. The highest BCUT2D eigenvalue weighted by Gasteiger charge is 2.21. The summed E-state index contributed by atoms with van der Waals surface area (Å²) in [5.74, 6) is 0.419. The maximum atomic E-state index is 12.6. The average molecular weight is 327 g/mol. The van der Waals surface area contributed by atoms with E-state index in [1.807, 2.05) is 38.1 Å². The van der Waals surface area contributed by atoms with Gasteiger partial charge in [-0.2, -0.15) is 0 Å². The summed E-state index contributed by atoms with van der Waals surface area (Å²) in [5.41, 5.74) is 2.32. The number of hydrogen-bond acceptors (Lipinski definition) is 4. The summed E-state index contributed by atoms with van der Waals surface area (Å²) in [6.45, 7) is 3.94. The Morgan fingerprint density at radius 1 is 1.22 bits per heavy atom. The zero-order valence-corrected chi connectivity index (χ0v) is 13.8. The van der Waals surface area contributed by atoms with E-state index >= 15 is 0 Å². The Bertz CT molecular complexity index is 755. The number of ether oxygens (including phenoxy) is 1. The first-order valence-corrected chi connectivity index (χ1v) is 8.25. The Morgan fingerprint density at radius 2 is 1.96 bits per heavy atom. The molecular formula is C18H17NO3S. The number of carbonyl (C=O) groups excluding carboxylic acids is 2. The van der Waals surface area contributed by atoms with Gasteiger partial charge >= 0.3 is 0 Å². The Kier molecular flexibility index (Phi) is 4.39. The third-order valence-corrected chi connectivity index (χ3v) is 4.71. The van der Waals surface area contributed by atoms with Gasteiger partial charge in [0.1, 0.15) is 5.75 Å². The zero-order valence-electron chi connectivity index (χ0n) is 13.0. The minimum atomic E-state index is -0.212. The van der Waals surface area contributed by atoms with Crippen LogP contribution in [-0.2, 0) is 4.79 Å². The Morgan fingerprint density at radius 3 is 2.70 bits per heavy atom. The highest BCUT2D eigenvalue weighted by molar-refractivity contribution is 8.00. The summed E-state index contributed by atoms with van der Waals surface area (Å²) in [4.78, 5) is 25.1. The van der Waals surface area contributed by atoms with Gasteiger partial charge in [-0.05, 0) is 44.2 Å². The van der Waals surface area contributed by atoms with E-state index in [4.69, 9.17) is 4.74 Å². The molecule has 0 saturated heterocycles. The van der Waals surface area contributed by atoms with E-state index in [0.29, 0.717) is 17.0 Å². The first kappa shape index (κ1) is 15.6. The molecule has 4 nitrogen and oxygen atoms in total. The molecule has 1 unspecified atom stereocenters. The topological polar surface area (TPSA) is 55.4 Å². The predicted molar refractivity (Wildman–Crippen MR) is 91.4 cm³/mol. The zero-order chi connectivity index (χ0) is 16.4. The van der Waals surface area contributed by atoms with Crippen LogP contribution in [0.5, 0.6) is 5.75 Å². The van der Waals surface area contributed by atoms with Crippen LogP contribution in [0.3, 0.4) is 0 Å². The second-order valence-electron chi connectivity index (χ2n) is 5.49. The van der Waals surface area contributed by atoms with Crippen molar-refractivity contribution in [2.75, 3.05) is 11.9 Å². The van der Waals surface area contributed by atoms with Crippen molar-refractivity contribution in [2.45, 2.75) is 24.0 Å². The van der Waals surface area contributed by atoms with Crippen LogP contribution in [0.1, 0.15) is 22.8 Å². The molecule has 1 N–H and O–H groups in total. The van der Waals surface area contributed by atoms with Crippen molar-refractivity contribution in [3.05, 3.63) is 53.6 Å². The van der Waals surface area contributed by atoms with E-state index in [0.717, 1.165) is 4.90 Å². The van der Waals surface area contributed by atoms with Gasteiger partial charge in [0.05, 0.1) is 10.9 Å². The van der Waals surface area contributed by atoms with Crippen molar-refractivity contribution in [3.63, 3.8) is 0 Å². The molecule has 0 spiro atoms. The highest BCUT2D eigenvalue weighted by atomic mass is 32.2. The number of thioether (sulfide) groups is 1. The minimum Gasteiger partial charge on any atom is -0.482 e. The minimum absolute atomic E-state index is 0.0139. The third-order valence-electron chi connectivity index (χ3n) is 3.60. The van der Waals surface area contributed by atoms with Gasteiger partial charge in [-0.25, -0.2) is 0 Å². The molecule has 1 amide bonds. The molecule has 0 aromatic heterocycles. The summed E-state index contributed by atoms with van der Waals surface area (Å²) in [7, 11) is 0. The lowest BCUT2D eigenvalue weighted by atomic mass is 10.1. The van der Waals surface area contributed by atoms with Gasteiger partial charge < -0.3 is 10.1 Å².